The van der Waals surface area contributed by atoms with Crippen molar-refractivity contribution >= 4 is 0 Å². The van der Waals surface area contributed by atoms with Crippen molar-refractivity contribution in [3.8, 4) is 0 Å². The molecule has 0 aromatic heterocycles. The van der Waals surface area contributed by atoms with E-state index in [1.807, 2.05) is 0 Å². The van der Waals surface area contributed by atoms with Crippen LogP contribution in [-0.4, -0.2) is 25.8 Å². The SMILES string of the molecule is CCNC1CCC(C2CCCOC2)C1C. The van der Waals surface area contributed by atoms with Crippen LogP contribution < -0.4 is 5.32 Å². The van der Waals surface area contributed by atoms with E-state index >= 15 is 0 Å². The van der Waals surface area contributed by atoms with Crippen molar-refractivity contribution in [2.75, 3.05) is 19.8 Å². The smallest absolute Gasteiger partial charge is 0.0497 e. The molecule has 1 N–H and O–H groups in total. The molecule has 1 aliphatic carbocycles. The Bertz CT molecular complexity index is 189. The molecule has 4 unspecified atom stereocenters. The summed E-state index contributed by atoms with van der Waals surface area (Å²) in [7, 11) is 0. The molecule has 0 bridgehead atoms. The monoisotopic (exact) mass is 211 g/mol. The van der Waals surface area contributed by atoms with Crippen LogP contribution in [0.2, 0.25) is 0 Å². The van der Waals surface area contributed by atoms with Crippen LogP contribution in [0.15, 0.2) is 0 Å². The average Bonchev–Trinajstić information content (AvgIpc) is 2.63. The summed E-state index contributed by atoms with van der Waals surface area (Å²) in [5.74, 6) is 2.60. The predicted molar refractivity (Wildman–Crippen MR) is 62.9 cm³/mol. The molecular weight excluding hydrogens is 186 g/mol. The molecule has 0 spiro atoms. The fourth-order valence-corrected chi connectivity index (χ4v) is 3.51. The van der Waals surface area contributed by atoms with E-state index in [2.05, 4.69) is 19.2 Å². The van der Waals surface area contributed by atoms with Gasteiger partial charge in [0.1, 0.15) is 0 Å². The van der Waals surface area contributed by atoms with Gasteiger partial charge >= 0.3 is 0 Å². The maximum atomic E-state index is 5.62. The minimum absolute atomic E-state index is 0.766. The largest absolute Gasteiger partial charge is 0.381 e. The lowest BCUT2D eigenvalue weighted by Gasteiger charge is -2.31. The summed E-state index contributed by atoms with van der Waals surface area (Å²) in [5.41, 5.74) is 0. The maximum absolute atomic E-state index is 5.62. The van der Waals surface area contributed by atoms with Crippen molar-refractivity contribution in [3.63, 3.8) is 0 Å². The van der Waals surface area contributed by atoms with Crippen LogP contribution in [0.1, 0.15) is 39.5 Å². The molecule has 0 aromatic rings. The van der Waals surface area contributed by atoms with Crippen LogP contribution >= 0.6 is 0 Å². The van der Waals surface area contributed by atoms with Crippen LogP contribution in [0.3, 0.4) is 0 Å². The van der Waals surface area contributed by atoms with E-state index in [1.165, 1.54) is 25.7 Å². The van der Waals surface area contributed by atoms with Gasteiger partial charge in [0.2, 0.25) is 0 Å². The van der Waals surface area contributed by atoms with E-state index in [0.29, 0.717) is 0 Å². The molecule has 1 saturated carbocycles. The number of hydrogen-bond donors (Lipinski definition) is 1. The number of hydrogen-bond acceptors (Lipinski definition) is 2. The fraction of sp³-hybridized carbons (Fsp3) is 1.00. The highest BCUT2D eigenvalue weighted by Gasteiger charge is 2.37. The third-order valence-electron chi connectivity index (χ3n) is 4.39. The standard InChI is InChI=1S/C13H25NO/c1-3-14-13-7-6-12(10(13)2)11-5-4-8-15-9-11/h10-14H,3-9H2,1-2H3. The molecule has 0 amide bonds. The van der Waals surface area contributed by atoms with Gasteiger partial charge in [0, 0.05) is 19.3 Å². The van der Waals surface area contributed by atoms with Gasteiger partial charge < -0.3 is 10.1 Å². The molecule has 2 nitrogen and oxygen atoms in total. The first kappa shape index (κ1) is 11.4. The second-order valence-corrected chi connectivity index (χ2v) is 5.24. The van der Waals surface area contributed by atoms with E-state index in [0.717, 1.165) is 43.6 Å². The highest BCUT2D eigenvalue weighted by atomic mass is 16.5. The lowest BCUT2D eigenvalue weighted by molar-refractivity contribution is 0.0224. The topological polar surface area (TPSA) is 21.3 Å². The van der Waals surface area contributed by atoms with Gasteiger partial charge in [-0.3, -0.25) is 0 Å². The van der Waals surface area contributed by atoms with Crippen LogP contribution in [0.4, 0.5) is 0 Å². The van der Waals surface area contributed by atoms with E-state index in [4.69, 9.17) is 4.74 Å². The van der Waals surface area contributed by atoms with Crippen LogP contribution in [-0.2, 0) is 4.74 Å². The summed E-state index contributed by atoms with van der Waals surface area (Å²) < 4.78 is 5.62. The normalized spacial score (nSPS) is 42.0. The molecule has 2 aliphatic rings. The van der Waals surface area contributed by atoms with Crippen molar-refractivity contribution < 1.29 is 4.74 Å². The Hall–Kier alpha value is -0.0800. The minimum atomic E-state index is 0.766. The zero-order valence-corrected chi connectivity index (χ0v) is 10.2. The Labute approximate surface area is 93.8 Å². The summed E-state index contributed by atoms with van der Waals surface area (Å²) in [4.78, 5) is 0. The first-order valence-corrected chi connectivity index (χ1v) is 6.64. The third kappa shape index (κ3) is 2.54. The molecule has 0 radical (unpaired) electrons. The first-order valence-electron chi connectivity index (χ1n) is 6.64. The van der Waals surface area contributed by atoms with E-state index < -0.39 is 0 Å². The molecular formula is C13H25NO. The van der Waals surface area contributed by atoms with Crippen LogP contribution in [0.25, 0.3) is 0 Å². The Balaban J connectivity index is 1.87. The van der Waals surface area contributed by atoms with Gasteiger partial charge in [-0.2, -0.15) is 0 Å². The van der Waals surface area contributed by atoms with E-state index in [1.54, 1.807) is 0 Å². The van der Waals surface area contributed by atoms with Crippen LogP contribution in [0, 0.1) is 17.8 Å². The van der Waals surface area contributed by atoms with E-state index in [9.17, 15) is 0 Å². The summed E-state index contributed by atoms with van der Waals surface area (Å²) in [6.07, 6.45) is 5.46. The highest BCUT2D eigenvalue weighted by molar-refractivity contribution is 4.90. The summed E-state index contributed by atoms with van der Waals surface area (Å²) in [5, 5.41) is 3.62. The Morgan fingerprint density at radius 3 is 2.80 bits per heavy atom. The van der Waals surface area contributed by atoms with Crippen molar-refractivity contribution in [2.24, 2.45) is 17.8 Å². The van der Waals surface area contributed by atoms with Gasteiger partial charge in [-0.1, -0.05) is 13.8 Å². The van der Waals surface area contributed by atoms with Gasteiger partial charge in [0.15, 0.2) is 0 Å². The molecule has 0 aromatic carbocycles. The molecule has 2 rings (SSSR count). The molecule has 1 saturated heterocycles. The Morgan fingerprint density at radius 1 is 1.27 bits per heavy atom. The zero-order valence-electron chi connectivity index (χ0n) is 10.2. The van der Waals surface area contributed by atoms with Gasteiger partial charge in [-0.15, -0.1) is 0 Å². The number of nitrogens with one attached hydrogen (secondary N) is 1. The molecule has 1 heterocycles. The lowest BCUT2D eigenvalue weighted by Crippen LogP contribution is -2.35. The summed E-state index contributed by atoms with van der Waals surface area (Å²) in [6, 6.07) is 0.766. The van der Waals surface area contributed by atoms with Gasteiger partial charge in [0.25, 0.3) is 0 Å². The molecule has 4 atom stereocenters. The minimum Gasteiger partial charge on any atom is -0.381 e. The van der Waals surface area contributed by atoms with E-state index in [-0.39, 0.29) is 0 Å². The van der Waals surface area contributed by atoms with Crippen LogP contribution in [0.5, 0.6) is 0 Å². The van der Waals surface area contributed by atoms with Gasteiger partial charge in [0.05, 0.1) is 0 Å². The van der Waals surface area contributed by atoms with Crippen molar-refractivity contribution in [1.29, 1.82) is 0 Å². The van der Waals surface area contributed by atoms with Gasteiger partial charge in [-0.05, 0) is 50.0 Å². The second-order valence-electron chi connectivity index (χ2n) is 5.24. The predicted octanol–water partition coefficient (Wildman–Crippen LogP) is 2.44. The summed E-state index contributed by atoms with van der Waals surface area (Å²) >= 11 is 0. The Morgan fingerprint density at radius 2 is 2.13 bits per heavy atom. The maximum Gasteiger partial charge on any atom is 0.0497 e. The average molecular weight is 211 g/mol. The van der Waals surface area contributed by atoms with Crippen molar-refractivity contribution in [2.45, 2.75) is 45.6 Å². The Kier molecular flexibility index (Phi) is 4.04. The molecule has 88 valence electrons. The quantitative estimate of drug-likeness (QED) is 0.774. The van der Waals surface area contributed by atoms with Crippen molar-refractivity contribution in [3.05, 3.63) is 0 Å². The molecule has 1 aliphatic heterocycles. The van der Waals surface area contributed by atoms with Crippen molar-refractivity contribution in [1.82, 2.24) is 5.32 Å². The summed E-state index contributed by atoms with van der Waals surface area (Å²) in [6.45, 7) is 7.77. The molecule has 2 heteroatoms. The lowest BCUT2D eigenvalue weighted by atomic mass is 9.81. The zero-order chi connectivity index (χ0) is 10.7. The molecule has 15 heavy (non-hydrogen) atoms. The highest BCUT2D eigenvalue weighted by Crippen LogP contribution is 2.39. The fourth-order valence-electron chi connectivity index (χ4n) is 3.51. The third-order valence-corrected chi connectivity index (χ3v) is 4.39. The number of ether oxygens (including phenoxy) is 1. The molecule has 2 fully saturated rings. The van der Waals surface area contributed by atoms with Gasteiger partial charge in [-0.25, -0.2) is 0 Å². The second kappa shape index (κ2) is 5.31. The number of rotatable bonds is 3. The first-order chi connectivity index (χ1) is 7.33.